The number of alkyl halides is 5. The summed E-state index contributed by atoms with van der Waals surface area (Å²) in [4.78, 5) is 11.4. The molecule has 3 nitrogen and oxygen atoms in total. The highest BCUT2D eigenvalue weighted by atomic mass is 19.4. The number of halogens is 5. The summed E-state index contributed by atoms with van der Waals surface area (Å²) in [6, 6.07) is 2.24. The van der Waals surface area contributed by atoms with Crippen molar-refractivity contribution >= 4 is 5.97 Å². The Balaban J connectivity index is 3.47. The molecule has 8 heteroatoms. The Bertz CT molecular complexity index is 575. The van der Waals surface area contributed by atoms with E-state index in [9.17, 15) is 26.7 Å². The molecule has 1 aromatic carbocycles. The predicted octanol–water partition coefficient (Wildman–Crippen LogP) is 3.62. The molecule has 0 spiro atoms. The number of hydrogen-bond acceptors (Lipinski definition) is 3. The molecule has 0 heterocycles. The number of rotatable bonds is 4. The van der Waals surface area contributed by atoms with Gasteiger partial charge in [0.2, 0.25) is 0 Å². The summed E-state index contributed by atoms with van der Waals surface area (Å²) in [5.41, 5.74) is -3.77. The van der Waals surface area contributed by atoms with Crippen molar-refractivity contribution in [2.24, 2.45) is 0 Å². The summed E-state index contributed by atoms with van der Waals surface area (Å²) in [5.74, 6) is -0.977. The minimum absolute atomic E-state index is 0.0519. The zero-order valence-electron chi connectivity index (χ0n) is 10.8. The van der Waals surface area contributed by atoms with Crippen LogP contribution in [0.15, 0.2) is 12.1 Å². The zero-order chi connectivity index (χ0) is 16.2. The zero-order valence-corrected chi connectivity index (χ0v) is 10.8. The van der Waals surface area contributed by atoms with Gasteiger partial charge in [0, 0.05) is 5.56 Å². The Labute approximate surface area is 116 Å². The molecular formula is C13H10F5NO2. The minimum Gasteiger partial charge on any atom is -0.466 e. The first-order valence-corrected chi connectivity index (χ1v) is 5.79. The number of benzene rings is 1. The van der Waals surface area contributed by atoms with Crippen molar-refractivity contribution in [2.75, 3.05) is 6.61 Å². The number of nitriles is 1. The molecule has 0 aromatic heterocycles. The number of carbonyl (C=O) groups is 1. The quantitative estimate of drug-likeness (QED) is 0.630. The van der Waals surface area contributed by atoms with Gasteiger partial charge in [0.1, 0.15) is 6.07 Å². The molecule has 0 atom stereocenters. The lowest BCUT2D eigenvalue weighted by Gasteiger charge is -2.15. The Morgan fingerprint density at radius 1 is 1.38 bits per heavy atom. The molecule has 0 bridgehead atoms. The SMILES string of the molecule is CCOC(=O)Cc1c(C(F)F)ccc(C(F)(F)F)c1C#N. The van der Waals surface area contributed by atoms with Gasteiger partial charge in [-0.15, -0.1) is 0 Å². The lowest BCUT2D eigenvalue weighted by Crippen LogP contribution is -2.15. The molecule has 1 aromatic rings. The van der Waals surface area contributed by atoms with E-state index in [4.69, 9.17) is 5.26 Å². The van der Waals surface area contributed by atoms with Crippen LogP contribution in [0.3, 0.4) is 0 Å². The maximum absolute atomic E-state index is 12.9. The lowest BCUT2D eigenvalue weighted by atomic mass is 9.94. The van der Waals surface area contributed by atoms with Crippen molar-refractivity contribution in [1.29, 1.82) is 5.26 Å². The van der Waals surface area contributed by atoms with Gasteiger partial charge in [-0.2, -0.15) is 18.4 Å². The average Bonchev–Trinajstić information content (AvgIpc) is 2.36. The maximum Gasteiger partial charge on any atom is 0.417 e. The van der Waals surface area contributed by atoms with E-state index < -0.39 is 47.2 Å². The van der Waals surface area contributed by atoms with Gasteiger partial charge < -0.3 is 4.74 Å². The highest BCUT2D eigenvalue weighted by molar-refractivity contribution is 5.74. The summed E-state index contributed by atoms with van der Waals surface area (Å²) in [6.45, 7) is 1.41. The number of nitrogens with zero attached hydrogens (tertiary/aromatic N) is 1. The fourth-order valence-electron chi connectivity index (χ4n) is 1.78. The smallest absolute Gasteiger partial charge is 0.417 e. The van der Waals surface area contributed by atoms with Crippen molar-refractivity contribution in [3.63, 3.8) is 0 Å². The minimum atomic E-state index is -4.88. The summed E-state index contributed by atoms with van der Waals surface area (Å²) in [5, 5.41) is 8.86. The Kier molecular flexibility index (Phi) is 5.24. The van der Waals surface area contributed by atoms with Crippen LogP contribution in [0.2, 0.25) is 0 Å². The molecule has 0 saturated heterocycles. The molecule has 0 amide bonds. The number of hydrogen-bond donors (Lipinski definition) is 0. The van der Waals surface area contributed by atoms with Gasteiger partial charge in [-0.1, -0.05) is 6.07 Å². The third-order valence-corrected chi connectivity index (χ3v) is 2.63. The second-order valence-electron chi connectivity index (χ2n) is 3.95. The Morgan fingerprint density at radius 2 is 2.00 bits per heavy atom. The molecule has 1 rings (SSSR count). The van der Waals surface area contributed by atoms with Crippen molar-refractivity contribution < 1.29 is 31.5 Å². The van der Waals surface area contributed by atoms with Gasteiger partial charge in [0.15, 0.2) is 0 Å². The number of carbonyl (C=O) groups excluding carboxylic acids is 1. The maximum atomic E-state index is 12.9. The van der Waals surface area contributed by atoms with Gasteiger partial charge in [-0.05, 0) is 18.6 Å². The van der Waals surface area contributed by atoms with Crippen LogP contribution in [0.5, 0.6) is 0 Å². The normalized spacial score (nSPS) is 11.3. The molecule has 0 fully saturated rings. The van der Waals surface area contributed by atoms with Crippen LogP contribution in [0.4, 0.5) is 22.0 Å². The first-order valence-electron chi connectivity index (χ1n) is 5.79. The van der Waals surface area contributed by atoms with E-state index in [2.05, 4.69) is 4.74 Å². The Morgan fingerprint density at radius 3 is 2.43 bits per heavy atom. The van der Waals surface area contributed by atoms with Crippen LogP contribution in [0, 0.1) is 11.3 Å². The lowest BCUT2D eigenvalue weighted by molar-refractivity contribution is -0.142. The largest absolute Gasteiger partial charge is 0.466 e. The van der Waals surface area contributed by atoms with E-state index in [1.165, 1.54) is 13.0 Å². The highest BCUT2D eigenvalue weighted by Crippen LogP contribution is 2.36. The van der Waals surface area contributed by atoms with E-state index in [0.717, 1.165) is 0 Å². The molecule has 0 radical (unpaired) electrons. The second kappa shape index (κ2) is 6.52. The summed E-state index contributed by atoms with van der Waals surface area (Å²) < 4.78 is 68.6. The topological polar surface area (TPSA) is 50.1 Å². The molecule has 0 saturated carbocycles. The van der Waals surface area contributed by atoms with E-state index >= 15 is 0 Å². The van der Waals surface area contributed by atoms with Crippen molar-refractivity contribution in [3.8, 4) is 6.07 Å². The van der Waals surface area contributed by atoms with E-state index in [-0.39, 0.29) is 6.61 Å². The standard InChI is InChI=1S/C13H10F5NO2/c1-2-21-11(20)5-8-7(12(14)15)3-4-10(9(8)6-19)13(16,17)18/h3-4,12H,2,5H2,1H3. The molecular weight excluding hydrogens is 297 g/mol. The molecule has 114 valence electrons. The predicted molar refractivity (Wildman–Crippen MR) is 61.5 cm³/mol. The average molecular weight is 307 g/mol. The first kappa shape index (κ1) is 16.9. The molecule has 0 aliphatic carbocycles. The molecule has 0 aliphatic heterocycles. The number of ether oxygens (including phenoxy) is 1. The Hall–Kier alpha value is -2.17. The molecule has 0 unspecified atom stereocenters. The third-order valence-electron chi connectivity index (χ3n) is 2.63. The highest BCUT2D eigenvalue weighted by Gasteiger charge is 2.36. The van der Waals surface area contributed by atoms with E-state index in [1.54, 1.807) is 0 Å². The summed E-state index contributed by atoms with van der Waals surface area (Å²) >= 11 is 0. The van der Waals surface area contributed by atoms with Crippen LogP contribution in [0.1, 0.15) is 35.6 Å². The fraction of sp³-hybridized carbons (Fsp3) is 0.385. The van der Waals surface area contributed by atoms with Gasteiger partial charge in [0.05, 0.1) is 24.2 Å². The monoisotopic (exact) mass is 307 g/mol. The van der Waals surface area contributed by atoms with Crippen LogP contribution >= 0.6 is 0 Å². The van der Waals surface area contributed by atoms with Gasteiger partial charge in [-0.3, -0.25) is 4.79 Å². The molecule has 0 aliphatic rings. The third kappa shape index (κ3) is 3.90. The van der Waals surface area contributed by atoms with Crippen molar-refractivity contribution in [3.05, 3.63) is 34.4 Å². The number of esters is 1. The molecule has 0 N–H and O–H groups in total. The van der Waals surface area contributed by atoms with Crippen LogP contribution in [-0.2, 0) is 22.1 Å². The van der Waals surface area contributed by atoms with Crippen molar-refractivity contribution in [1.82, 2.24) is 0 Å². The molecule has 21 heavy (non-hydrogen) atoms. The van der Waals surface area contributed by atoms with E-state index in [0.29, 0.717) is 12.1 Å². The first-order chi connectivity index (χ1) is 9.72. The summed E-state index contributed by atoms with van der Waals surface area (Å²) in [6.07, 6.45) is -8.81. The van der Waals surface area contributed by atoms with Gasteiger partial charge in [-0.25, -0.2) is 8.78 Å². The van der Waals surface area contributed by atoms with Gasteiger partial charge in [0.25, 0.3) is 6.43 Å². The van der Waals surface area contributed by atoms with Crippen LogP contribution < -0.4 is 0 Å². The van der Waals surface area contributed by atoms with Gasteiger partial charge >= 0.3 is 12.1 Å². The van der Waals surface area contributed by atoms with Crippen molar-refractivity contribution in [2.45, 2.75) is 25.9 Å². The van der Waals surface area contributed by atoms with Crippen LogP contribution in [0.25, 0.3) is 0 Å². The van der Waals surface area contributed by atoms with E-state index in [1.807, 2.05) is 0 Å². The van der Waals surface area contributed by atoms with Crippen LogP contribution in [-0.4, -0.2) is 12.6 Å². The summed E-state index contributed by atoms with van der Waals surface area (Å²) in [7, 11) is 0. The fourth-order valence-corrected chi connectivity index (χ4v) is 1.78. The second-order valence-corrected chi connectivity index (χ2v) is 3.95.